The Morgan fingerprint density at radius 1 is 0.818 bits per heavy atom. The van der Waals surface area contributed by atoms with Gasteiger partial charge in [0.25, 0.3) is 0 Å². The predicted octanol–water partition coefficient (Wildman–Crippen LogP) is 4.71. The summed E-state index contributed by atoms with van der Waals surface area (Å²) in [6.07, 6.45) is 19.0. The molecule has 0 saturated carbocycles. The third-order valence-electron chi connectivity index (χ3n) is 5.06. The number of unbranched alkanes of at least 4 members (excludes halogenated alkanes) is 9. The highest BCUT2D eigenvalue weighted by Crippen LogP contribution is 2.12. The fourth-order valence-electron chi connectivity index (χ4n) is 3.76. The van der Waals surface area contributed by atoms with Crippen molar-refractivity contribution in [3.8, 4) is 0 Å². The van der Waals surface area contributed by atoms with Crippen LogP contribution in [-0.4, -0.2) is 19.6 Å². The standard InChI is InChI=1S/C19H39N.CN/c1-3-5-6-7-8-9-10-11-12-13-16-20-17-15-19(18-20)14-4-2;1-2/h19H,3-18H2,1-2H3;/q;-1/p+1. The van der Waals surface area contributed by atoms with Crippen LogP contribution in [0.1, 0.15) is 97.3 Å². The third-order valence-corrected chi connectivity index (χ3v) is 5.06. The van der Waals surface area contributed by atoms with Gasteiger partial charge in [-0.1, -0.05) is 71.6 Å². The second-order valence-electron chi connectivity index (χ2n) is 7.08. The number of rotatable bonds is 13. The lowest BCUT2D eigenvalue weighted by Crippen LogP contribution is -3.10. The van der Waals surface area contributed by atoms with Crippen molar-refractivity contribution in [2.45, 2.75) is 97.3 Å². The van der Waals surface area contributed by atoms with Crippen LogP contribution in [0.4, 0.5) is 0 Å². The van der Waals surface area contributed by atoms with E-state index in [9.17, 15) is 0 Å². The van der Waals surface area contributed by atoms with E-state index in [4.69, 9.17) is 11.8 Å². The molecule has 1 aliphatic heterocycles. The molecule has 1 aliphatic rings. The molecule has 22 heavy (non-hydrogen) atoms. The summed E-state index contributed by atoms with van der Waals surface area (Å²) in [5.74, 6) is 1.05. The molecule has 0 radical (unpaired) electrons. The van der Waals surface area contributed by atoms with E-state index in [1.54, 1.807) is 0 Å². The summed E-state index contributed by atoms with van der Waals surface area (Å²) in [4.78, 5) is 1.91. The highest BCUT2D eigenvalue weighted by molar-refractivity contribution is 4.61. The van der Waals surface area contributed by atoms with Gasteiger partial charge in [-0.15, -0.1) is 0 Å². The lowest BCUT2D eigenvalue weighted by atomic mass is 10.0. The molecule has 0 spiro atoms. The monoisotopic (exact) mass is 308 g/mol. The van der Waals surface area contributed by atoms with Gasteiger partial charge >= 0.3 is 0 Å². The first-order valence-corrected chi connectivity index (χ1v) is 9.92. The van der Waals surface area contributed by atoms with Crippen LogP contribution < -0.4 is 4.90 Å². The molecular weight excluding hydrogens is 268 g/mol. The fraction of sp³-hybridized carbons (Fsp3) is 0.950. The van der Waals surface area contributed by atoms with Gasteiger partial charge in [-0.25, -0.2) is 0 Å². The molecule has 2 atom stereocenters. The number of likely N-dealkylation sites (tertiary alicyclic amines) is 1. The average molecular weight is 309 g/mol. The maximum Gasteiger partial charge on any atom is 0.0801 e. The van der Waals surface area contributed by atoms with Crippen molar-refractivity contribution in [3.05, 3.63) is 6.57 Å². The van der Waals surface area contributed by atoms with Crippen LogP contribution in [0.2, 0.25) is 0 Å². The zero-order valence-electron chi connectivity index (χ0n) is 15.3. The number of hydrogen-bond donors (Lipinski definition) is 1. The highest BCUT2D eigenvalue weighted by Gasteiger charge is 2.24. The minimum absolute atomic E-state index is 1.05. The van der Waals surface area contributed by atoms with Crippen LogP contribution in [0.15, 0.2) is 0 Å². The first kappa shape index (κ1) is 21.4. The minimum atomic E-state index is 1.05. The molecule has 1 rings (SSSR count). The van der Waals surface area contributed by atoms with Gasteiger partial charge in [0.15, 0.2) is 0 Å². The van der Waals surface area contributed by atoms with Crippen LogP contribution in [0, 0.1) is 17.8 Å². The topological polar surface area (TPSA) is 28.2 Å². The van der Waals surface area contributed by atoms with Gasteiger partial charge in [0.05, 0.1) is 19.6 Å². The lowest BCUT2D eigenvalue weighted by molar-refractivity contribution is -0.889. The largest absolute Gasteiger partial charge is 0.512 e. The number of nitrogens with one attached hydrogen (secondary N) is 1. The number of nitrogens with zero attached hydrogens (tertiary/aromatic N) is 1. The first-order valence-electron chi connectivity index (χ1n) is 9.92. The van der Waals surface area contributed by atoms with Gasteiger partial charge in [0, 0.05) is 12.3 Å². The Bertz CT molecular complexity index is 237. The molecule has 0 aromatic rings. The molecule has 0 aromatic carbocycles. The molecule has 2 nitrogen and oxygen atoms in total. The van der Waals surface area contributed by atoms with E-state index in [1.165, 1.54) is 103 Å². The molecule has 1 heterocycles. The summed E-state index contributed by atoms with van der Waals surface area (Å²) in [7, 11) is 0. The van der Waals surface area contributed by atoms with E-state index in [1.807, 2.05) is 4.90 Å². The molecule has 2 unspecified atom stereocenters. The Balaban J connectivity index is 0.00000211. The molecule has 130 valence electrons. The van der Waals surface area contributed by atoms with E-state index < -0.39 is 0 Å². The van der Waals surface area contributed by atoms with Gasteiger partial charge in [-0.2, -0.15) is 0 Å². The van der Waals surface area contributed by atoms with Crippen molar-refractivity contribution < 1.29 is 4.90 Å². The van der Waals surface area contributed by atoms with Crippen LogP contribution >= 0.6 is 0 Å². The Morgan fingerprint density at radius 2 is 1.36 bits per heavy atom. The Morgan fingerprint density at radius 3 is 1.91 bits per heavy atom. The summed E-state index contributed by atoms with van der Waals surface area (Å²) in [5.41, 5.74) is 0. The van der Waals surface area contributed by atoms with Crippen molar-refractivity contribution in [3.63, 3.8) is 0 Å². The van der Waals surface area contributed by atoms with Crippen molar-refractivity contribution in [2.75, 3.05) is 19.6 Å². The summed E-state index contributed by atoms with van der Waals surface area (Å²) >= 11 is 0. The van der Waals surface area contributed by atoms with Crippen molar-refractivity contribution in [2.24, 2.45) is 5.92 Å². The lowest BCUT2D eigenvalue weighted by Gasteiger charge is -2.13. The van der Waals surface area contributed by atoms with Gasteiger partial charge in [-0.05, 0) is 19.3 Å². The Labute approximate surface area is 140 Å². The minimum Gasteiger partial charge on any atom is -0.512 e. The van der Waals surface area contributed by atoms with E-state index >= 15 is 0 Å². The summed E-state index contributed by atoms with van der Waals surface area (Å²) < 4.78 is 0. The Kier molecular flexibility index (Phi) is 16.4. The molecule has 0 aromatic heterocycles. The second kappa shape index (κ2) is 16.8. The smallest absolute Gasteiger partial charge is 0.0801 e. The molecule has 0 aliphatic carbocycles. The van der Waals surface area contributed by atoms with Crippen molar-refractivity contribution in [1.82, 2.24) is 0 Å². The van der Waals surface area contributed by atoms with E-state index in [0.29, 0.717) is 0 Å². The SMILES string of the molecule is CCCCCCCCCCCC[NH+]1CCC(CCC)C1.[C-]#N. The second-order valence-corrected chi connectivity index (χ2v) is 7.08. The van der Waals surface area contributed by atoms with E-state index in [-0.39, 0.29) is 0 Å². The quantitative estimate of drug-likeness (QED) is 0.387. The molecular formula is C20H40N2. The molecule has 1 fully saturated rings. The van der Waals surface area contributed by atoms with Crippen molar-refractivity contribution >= 4 is 0 Å². The van der Waals surface area contributed by atoms with Gasteiger partial charge in [0.2, 0.25) is 0 Å². The first-order chi connectivity index (χ1) is 10.9. The zero-order chi connectivity index (χ0) is 16.5. The summed E-state index contributed by atoms with van der Waals surface area (Å²) in [6, 6.07) is 0. The average Bonchev–Trinajstić information content (AvgIpc) is 2.99. The third kappa shape index (κ3) is 12.0. The Hall–Kier alpha value is -0.550. The van der Waals surface area contributed by atoms with Crippen LogP contribution in [0.25, 0.3) is 0 Å². The molecule has 1 saturated heterocycles. The summed E-state index contributed by atoms with van der Waals surface area (Å²) in [6.45, 7) is 13.8. The normalized spacial score (nSPS) is 20.5. The van der Waals surface area contributed by atoms with E-state index in [0.717, 1.165) is 5.92 Å². The predicted molar refractivity (Wildman–Crippen MR) is 95.4 cm³/mol. The molecule has 0 bridgehead atoms. The van der Waals surface area contributed by atoms with Crippen LogP contribution in [0.5, 0.6) is 0 Å². The highest BCUT2D eigenvalue weighted by atomic mass is 15.1. The van der Waals surface area contributed by atoms with Crippen LogP contribution in [0.3, 0.4) is 0 Å². The van der Waals surface area contributed by atoms with Crippen LogP contribution in [-0.2, 0) is 0 Å². The number of hydrogen-bond acceptors (Lipinski definition) is 1. The molecule has 2 heteroatoms. The molecule has 1 N–H and O–H groups in total. The zero-order valence-corrected chi connectivity index (χ0v) is 15.3. The number of quaternary nitrogens is 1. The fourth-order valence-corrected chi connectivity index (χ4v) is 3.76. The maximum atomic E-state index is 6.25. The van der Waals surface area contributed by atoms with Gasteiger partial charge in [0.1, 0.15) is 0 Å². The molecule has 0 amide bonds. The van der Waals surface area contributed by atoms with E-state index in [2.05, 4.69) is 13.8 Å². The van der Waals surface area contributed by atoms with Gasteiger partial charge < -0.3 is 16.7 Å². The van der Waals surface area contributed by atoms with Gasteiger partial charge in [-0.3, -0.25) is 0 Å². The summed E-state index contributed by atoms with van der Waals surface area (Å²) in [5, 5.41) is 6.25. The van der Waals surface area contributed by atoms with Crippen molar-refractivity contribution in [1.29, 1.82) is 5.26 Å². The maximum absolute atomic E-state index is 6.25.